The van der Waals surface area contributed by atoms with Crippen LogP contribution in [-0.4, -0.2) is 30.5 Å². The van der Waals surface area contributed by atoms with Crippen LogP contribution >= 0.6 is 21.6 Å². The number of Topliss-reactive ketones (excluding diaryl/α,β-unsaturated/α-hetero) is 1. The first kappa shape index (κ1) is 11.4. The highest BCUT2D eigenvalue weighted by Gasteiger charge is 2.24. The third kappa shape index (κ3) is 3.92. The van der Waals surface area contributed by atoms with Gasteiger partial charge in [0.25, 0.3) is 0 Å². The molecule has 0 amide bonds. The number of carbonyl (C=O) groups excluding carboxylic acids is 1. The van der Waals surface area contributed by atoms with E-state index in [1.165, 1.54) is 0 Å². The fourth-order valence-corrected chi connectivity index (χ4v) is 2.82. The van der Waals surface area contributed by atoms with E-state index in [1.807, 2.05) is 10.8 Å². The van der Waals surface area contributed by atoms with Gasteiger partial charge in [0.15, 0.2) is 0 Å². The molecular weight excluding hydrogens is 204 g/mol. The molecule has 0 aromatic carbocycles. The molecule has 0 aliphatic carbocycles. The minimum absolute atomic E-state index is 0.163. The molecular formula is C9H16O2S2. The van der Waals surface area contributed by atoms with E-state index in [-0.39, 0.29) is 11.7 Å². The minimum Gasteiger partial charge on any atom is -0.377 e. The molecule has 0 aromatic heterocycles. The lowest BCUT2D eigenvalue weighted by molar-refractivity contribution is -0.126. The number of rotatable bonds is 4. The van der Waals surface area contributed by atoms with Gasteiger partial charge in [-0.1, -0.05) is 21.6 Å². The van der Waals surface area contributed by atoms with Gasteiger partial charge < -0.3 is 4.74 Å². The summed E-state index contributed by atoms with van der Waals surface area (Å²) < 4.78 is 5.60. The van der Waals surface area contributed by atoms with Crippen LogP contribution in [0.25, 0.3) is 0 Å². The van der Waals surface area contributed by atoms with E-state index in [1.54, 1.807) is 17.7 Å². The number of carbonyl (C=O) groups is 1. The Hall–Kier alpha value is 0.330. The molecule has 1 fully saturated rings. The number of hydrogen-bond acceptors (Lipinski definition) is 4. The highest BCUT2D eigenvalue weighted by Crippen LogP contribution is 2.25. The highest BCUT2D eigenvalue weighted by atomic mass is 33.1. The van der Waals surface area contributed by atoms with E-state index < -0.39 is 0 Å². The van der Waals surface area contributed by atoms with Crippen LogP contribution in [0.3, 0.4) is 0 Å². The fraction of sp³-hybridized carbons (Fsp3) is 0.889. The lowest BCUT2D eigenvalue weighted by Crippen LogP contribution is -2.30. The van der Waals surface area contributed by atoms with Crippen molar-refractivity contribution in [1.29, 1.82) is 0 Å². The Morgan fingerprint density at radius 2 is 2.31 bits per heavy atom. The van der Waals surface area contributed by atoms with Gasteiger partial charge in [0.2, 0.25) is 0 Å². The fourth-order valence-electron chi connectivity index (χ4n) is 1.40. The van der Waals surface area contributed by atoms with E-state index in [9.17, 15) is 4.79 Å². The third-order valence-corrected chi connectivity index (χ3v) is 4.18. The van der Waals surface area contributed by atoms with Gasteiger partial charge in [0.05, 0.1) is 12.7 Å². The van der Waals surface area contributed by atoms with Crippen molar-refractivity contribution in [3.05, 3.63) is 0 Å². The number of ether oxygens (including phenoxy) is 1. The van der Waals surface area contributed by atoms with Gasteiger partial charge in [0.1, 0.15) is 5.78 Å². The van der Waals surface area contributed by atoms with Crippen LogP contribution in [0.1, 0.15) is 19.8 Å². The Bertz CT molecular complexity index is 165. The Morgan fingerprint density at radius 3 is 2.77 bits per heavy atom. The molecule has 1 aliphatic heterocycles. The molecule has 2 atom stereocenters. The summed E-state index contributed by atoms with van der Waals surface area (Å²) in [6, 6.07) is 0. The van der Waals surface area contributed by atoms with Gasteiger partial charge in [-0.25, -0.2) is 0 Å². The maximum Gasteiger partial charge on any atom is 0.135 e. The molecule has 1 aliphatic rings. The van der Waals surface area contributed by atoms with Crippen LogP contribution in [0.5, 0.6) is 0 Å². The Balaban J connectivity index is 2.18. The summed E-state index contributed by atoms with van der Waals surface area (Å²) in [5.74, 6) is 1.48. The predicted molar refractivity (Wildman–Crippen MR) is 59.1 cm³/mol. The molecule has 0 saturated carbocycles. The highest BCUT2D eigenvalue weighted by molar-refractivity contribution is 8.76. The molecule has 0 bridgehead atoms. The zero-order valence-electron chi connectivity index (χ0n) is 8.12. The zero-order valence-corrected chi connectivity index (χ0v) is 9.75. The summed E-state index contributed by atoms with van der Waals surface area (Å²) >= 11 is 0. The van der Waals surface area contributed by atoms with Gasteiger partial charge in [-0.3, -0.25) is 4.79 Å². The standard InChI is InChI=1S/C9H16O2S2/c1-7(10)8-3-4-9(11-5-8)6-13-12-2/h8-9H,3-6H2,1-2H3. The molecule has 13 heavy (non-hydrogen) atoms. The Labute approximate surface area is 87.6 Å². The van der Waals surface area contributed by atoms with E-state index in [4.69, 9.17) is 4.74 Å². The first-order chi connectivity index (χ1) is 6.24. The summed E-state index contributed by atoms with van der Waals surface area (Å²) in [5, 5.41) is 0. The first-order valence-corrected chi connectivity index (χ1v) is 7.24. The van der Waals surface area contributed by atoms with Crippen LogP contribution in [-0.2, 0) is 9.53 Å². The molecule has 76 valence electrons. The van der Waals surface area contributed by atoms with Crippen molar-refractivity contribution >= 4 is 27.4 Å². The van der Waals surface area contributed by atoms with E-state index >= 15 is 0 Å². The van der Waals surface area contributed by atoms with Crippen molar-refractivity contribution in [1.82, 2.24) is 0 Å². The van der Waals surface area contributed by atoms with E-state index in [0.717, 1.165) is 18.6 Å². The second-order valence-corrected chi connectivity index (χ2v) is 5.90. The van der Waals surface area contributed by atoms with Crippen molar-refractivity contribution in [2.75, 3.05) is 18.6 Å². The molecule has 0 N–H and O–H groups in total. The Morgan fingerprint density at radius 1 is 1.54 bits per heavy atom. The van der Waals surface area contributed by atoms with Crippen molar-refractivity contribution < 1.29 is 9.53 Å². The molecule has 1 saturated heterocycles. The average Bonchev–Trinajstić information content (AvgIpc) is 2.15. The molecule has 0 aromatic rings. The lowest BCUT2D eigenvalue weighted by atomic mass is 9.96. The maximum atomic E-state index is 11.0. The summed E-state index contributed by atoms with van der Waals surface area (Å²) in [6.07, 6.45) is 4.49. The molecule has 4 heteroatoms. The van der Waals surface area contributed by atoms with E-state index in [2.05, 4.69) is 6.26 Å². The first-order valence-electron chi connectivity index (χ1n) is 4.51. The molecule has 1 heterocycles. The quantitative estimate of drug-likeness (QED) is 0.680. The van der Waals surface area contributed by atoms with Gasteiger partial charge in [-0.2, -0.15) is 0 Å². The van der Waals surface area contributed by atoms with Crippen LogP contribution in [0.2, 0.25) is 0 Å². The number of ketones is 1. The molecule has 2 nitrogen and oxygen atoms in total. The van der Waals surface area contributed by atoms with Crippen LogP contribution in [0.15, 0.2) is 0 Å². The molecule has 0 spiro atoms. The predicted octanol–water partition coefficient (Wildman–Crippen LogP) is 2.38. The maximum absolute atomic E-state index is 11.0. The summed E-state index contributed by atoms with van der Waals surface area (Å²) in [5.41, 5.74) is 0. The van der Waals surface area contributed by atoms with Crippen LogP contribution in [0, 0.1) is 5.92 Å². The Kier molecular flexibility index (Phi) is 5.21. The second kappa shape index (κ2) is 5.94. The van der Waals surface area contributed by atoms with Gasteiger partial charge in [-0.15, -0.1) is 0 Å². The average molecular weight is 220 g/mol. The van der Waals surface area contributed by atoms with Gasteiger partial charge in [-0.05, 0) is 26.0 Å². The van der Waals surface area contributed by atoms with Crippen molar-refractivity contribution in [2.45, 2.75) is 25.9 Å². The van der Waals surface area contributed by atoms with Crippen molar-refractivity contribution in [3.63, 3.8) is 0 Å². The SMILES string of the molecule is CSSCC1CCC(C(C)=O)CO1. The van der Waals surface area contributed by atoms with Crippen LogP contribution in [0.4, 0.5) is 0 Å². The largest absolute Gasteiger partial charge is 0.377 e. The summed E-state index contributed by atoms with van der Waals surface area (Å²) in [6.45, 7) is 2.29. The topological polar surface area (TPSA) is 26.3 Å². The lowest BCUT2D eigenvalue weighted by Gasteiger charge is -2.27. The van der Waals surface area contributed by atoms with Gasteiger partial charge >= 0.3 is 0 Å². The van der Waals surface area contributed by atoms with Gasteiger partial charge in [0, 0.05) is 11.7 Å². The normalized spacial score (nSPS) is 28.8. The third-order valence-electron chi connectivity index (χ3n) is 2.32. The van der Waals surface area contributed by atoms with Crippen molar-refractivity contribution in [2.24, 2.45) is 5.92 Å². The monoisotopic (exact) mass is 220 g/mol. The molecule has 1 rings (SSSR count). The minimum atomic E-state index is 0.163. The second-order valence-electron chi connectivity index (χ2n) is 3.29. The zero-order chi connectivity index (χ0) is 9.68. The smallest absolute Gasteiger partial charge is 0.135 e. The summed E-state index contributed by atoms with van der Waals surface area (Å²) in [7, 11) is 3.60. The number of hydrogen-bond donors (Lipinski definition) is 0. The summed E-state index contributed by atoms with van der Waals surface area (Å²) in [4.78, 5) is 11.0. The van der Waals surface area contributed by atoms with Crippen LogP contribution < -0.4 is 0 Å². The van der Waals surface area contributed by atoms with Crippen molar-refractivity contribution in [3.8, 4) is 0 Å². The van der Waals surface area contributed by atoms with E-state index in [0.29, 0.717) is 12.7 Å². The molecule has 2 unspecified atom stereocenters. The molecule has 0 radical (unpaired) electrons.